The van der Waals surface area contributed by atoms with Crippen molar-refractivity contribution in [2.45, 2.75) is 18.9 Å². The zero-order valence-corrected chi connectivity index (χ0v) is 18.4. The maximum Gasteiger partial charge on any atom is 0.253 e. The van der Waals surface area contributed by atoms with Gasteiger partial charge in [0.2, 0.25) is 0 Å². The Morgan fingerprint density at radius 3 is 2.67 bits per heavy atom. The third-order valence-electron chi connectivity index (χ3n) is 6.70. The number of nitrogens with one attached hydrogen (secondary N) is 2. The van der Waals surface area contributed by atoms with Crippen molar-refractivity contribution in [2.75, 3.05) is 44.3 Å². The van der Waals surface area contributed by atoms with Crippen LogP contribution >= 0.6 is 0 Å². The van der Waals surface area contributed by atoms with Gasteiger partial charge in [0.25, 0.3) is 5.91 Å². The molecule has 2 saturated heterocycles. The number of fused-ring (bicyclic) bond motifs is 2. The third kappa shape index (κ3) is 3.73. The van der Waals surface area contributed by atoms with Crippen molar-refractivity contribution in [3.8, 4) is 11.5 Å². The van der Waals surface area contributed by atoms with Crippen molar-refractivity contribution in [1.82, 2.24) is 25.1 Å². The lowest BCUT2D eigenvalue weighted by Crippen LogP contribution is -2.42. The lowest BCUT2D eigenvalue weighted by Gasteiger charge is -2.30. The van der Waals surface area contributed by atoms with Crippen LogP contribution in [0.25, 0.3) is 33.5 Å². The van der Waals surface area contributed by atoms with E-state index in [2.05, 4.69) is 32.2 Å². The lowest BCUT2D eigenvalue weighted by molar-refractivity contribution is 0.0715. The molecular weight excluding hydrogens is 418 g/mol. The number of likely N-dealkylation sites (tertiary alicyclic amines) is 1. The SMILES string of the molecule is NC1CCN(C(=O)c2ccc3[nH]nc(-c4nc5ccc(N6CCOCC6)cc5[nH]4)c3c2)CC1. The summed E-state index contributed by atoms with van der Waals surface area (Å²) in [6, 6.07) is 12.1. The number of ether oxygens (including phenoxy) is 1. The van der Waals surface area contributed by atoms with E-state index in [0.717, 1.165) is 66.8 Å². The quantitative estimate of drug-likeness (QED) is 0.446. The van der Waals surface area contributed by atoms with E-state index in [-0.39, 0.29) is 11.9 Å². The first-order valence-electron chi connectivity index (χ1n) is 11.5. The van der Waals surface area contributed by atoms with E-state index in [1.54, 1.807) is 0 Å². The van der Waals surface area contributed by atoms with E-state index in [4.69, 9.17) is 15.5 Å². The summed E-state index contributed by atoms with van der Waals surface area (Å²) in [7, 11) is 0. The van der Waals surface area contributed by atoms with E-state index < -0.39 is 0 Å². The van der Waals surface area contributed by atoms with Crippen LogP contribution in [0, 0.1) is 0 Å². The summed E-state index contributed by atoms with van der Waals surface area (Å²) in [5, 5.41) is 8.46. The molecule has 1 amide bonds. The van der Waals surface area contributed by atoms with Crippen LogP contribution in [0.4, 0.5) is 5.69 Å². The molecule has 33 heavy (non-hydrogen) atoms. The highest BCUT2D eigenvalue weighted by Crippen LogP contribution is 2.29. The minimum absolute atomic E-state index is 0.0377. The van der Waals surface area contributed by atoms with Gasteiger partial charge in [0.15, 0.2) is 5.82 Å². The fraction of sp³-hybridized carbons (Fsp3) is 0.375. The molecule has 0 saturated carbocycles. The summed E-state index contributed by atoms with van der Waals surface area (Å²) in [6.45, 7) is 4.66. The number of carbonyl (C=O) groups is 1. The highest BCUT2D eigenvalue weighted by molar-refractivity contribution is 6.01. The number of aromatic nitrogens is 4. The number of morpholine rings is 1. The number of hydrogen-bond acceptors (Lipinski definition) is 6. The molecule has 2 aliphatic heterocycles. The van der Waals surface area contributed by atoms with E-state index >= 15 is 0 Å². The zero-order chi connectivity index (χ0) is 22.4. The molecular formula is C24H27N7O2. The van der Waals surface area contributed by atoms with Gasteiger partial charge in [0.1, 0.15) is 5.69 Å². The molecule has 0 atom stereocenters. The number of nitrogens with zero attached hydrogens (tertiary/aromatic N) is 4. The smallest absolute Gasteiger partial charge is 0.253 e. The molecule has 170 valence electrons. The van der Waals surface area contributed by atoms with Gasteiger partial charge >= 0.3 is 0 Å². The van der Waals surface area contributed by atoms with E-state index in [1.807, 2.05) is 29.2 Å². The number of imidazole rings is 1. The Morgan fingerprint density at radius 1 is 1.03 bits per heavy atom. The molecule has 2 aromatic carbocycles. The van der Waals surface area contributed by atoms with Crippen molar-refractivity contribution < 1.29 is 9.53 Å². The Hall–Kier alpha value is -3.43. The van der Waals surface area contributed by atoms with Crippen LogP contribution in [0.15, 0.2) is 36.4 Å². The highest BCUT2D eigenvalue weighted by atomic mass is 16.5. The standard InChI is InChI=1S/C24H27N7O2/c25-16-5-7-31(8-6-16)24(32)15-1-3-19-18(13-15)22(29-28-19)23-26-20-4-2-17(14-21(20)27-23)30-9-11-33-12-10-30/h1-4,13-14,16H,5-12,25H2,(H,26,27)(H,28,29). The van der Waals surface area contributed by atoms with Gasteiger partial charge in [-0.2, -0.15) is 5.10 Å². The molecule has 9 nitrogen and oxygen atoms in total. The number of amides is 1. The van der Waals surface area contributed by atoms with Crippen LogP contribution < -0.4 is 10.6 Å². The zero-order valence-electron chi connectivity index (χ0n) is 18.4. The van der Waals surface area contributed by atoms with Crippen LogP contribution in [-0.4, -0.2) is 76.4 Å². The molecule has 4 aromatic rings. The van der Waals surface area contributed by atoms with Crippen LogP contribution in [0.2, 0.25) is 0 Å². The number of anilines is 1. The Labute approximate surface area is 190 Å². The summed E-state index contributed by atoms with van der Waals surface area (Å²) in [5.74, 6) is 0.722. The number of hydrogen-bond donors (Lipinski definition) is 3. The summed E-state index contributed by atoms with van der Waals surface area (Å²) in [6.07, 6.45) is 1.69. The van der Waals surface area contributed by atoms with Crippen molar-refractivity contribution in [3.63, 3.8) is 0 Å². The molecule has 9 heteroatoms. The Balaban J connectivity index is 1.32. The average Bonchev–Trinajstić information content (AvgIpc) is 3.47. The molecule has 2 fully saturated rings. The van der Waals surface area contributed by atoms with Gasteiger partial charge in [0.05, 0.1) is 29.8 Å². The van der Waals surface area contributed by atoms with Gasteiger partial charge in [-0.15, -0.1) is 0 Å². The first-order valence-corrected chi connectivity index (χ1v) is 11.5. The van der Waals surface area contributed by atoms with Gasteiger partial charge in [-0.05, 0) is 49.2 Å². The van der Waals surface area contributed by atoms with Crippen LogP contribution in [0.1, 0.15) is 23.2 Å². The van der Waals surface area contributed by atoms with Crippen molar-refractivity contribution in [1.29, 1.82) is 0 Å². The summed E-state index contributed by atoms with van der Waals surface area (Å²) >= 11 is 0. The lowest BCUT2D eigenvalue weighted by atomic mass is 10.0. The van der Waals surface area contributed by atoms with Crippen LogP contribution in [0.5, 0.6) is 0 Å². The number of carbonyl (C=O) groups excluding carboxylic acids is 1. The number of aromatic amines is 2. The number of H-pyrrole nitrogens is 2. The van der Waals surface area contributed by atoms with E-state index in [9.17, 15) is 4.79 Å². The fourth-order valence-corrected chi connectivity index (χ4v) is 4.74. The Kier molecular flexibility index (Phi) is 5.00. The molecule has 0 radical (unpaired) electrons. The number of piperidine rings is 1. The Bertz CT molecular complexity index is 1310. The van der Waals surface area contributed by atoms with E-state index in [1.165, 1.54) is 0 Å². The first kappa shape index (κ1) is 20.2. The second-order valence-electron chi connectivity index (χ2n) is 8.85. The van der Waals surface area contributed by atoms with Crippen LogP contribution in [0.3, 0.4) is 0 Å². The number of rotatable bonds is 3. The van der Waals surface area contributed by atoms with Crippen molar-refractivity contribution >= 4 is 33.5 Å². The normalized spacial score (nSPS) is 17.8. The van der Waals surface area contributed by atoms with E-state index in [0.29, 0.717) is 30.2 Å². The third-order valence-corrected chi connectivity index (χ3v) is 6.70. The molecule has 4 N–H and O–H groups in total. The maximum atomic E-state index is 13.1. The van der Waals surface area contributed by atoms with Crippen LogP contribution in [-0.2, 0) is 4.74 Å². The summed E-state index contributed by atoms with van der Waals surface area (Å²) < 4.78 is 5.47. The largest absolute Gasteiger partial charge is 0.378 e. The second-order valence-corrected chi connectivity index (χ2v) is 8.85. The molecule has 0 spiro atoms. The van der Waals surface area contributed by atoms with Gasteiger partial charge in [-0.1, -0.05) is 0 Å². The number of benzene rings is 2. The van der Waals surface area contributed by atoms with Crippen molar-refractivity contribution in [3.05, 3.63) is 42.0 Å². The fourth-order valence-electron chi connectivity index (χ4n) is 4.74. The molecule has 0 unspecified atom stereocenters. The summed E-state index contributed by atoms with van der Waals surface area (Å²) in [5.41, 5.74) is 11.2. The molecule has 2 aromatic heterocycles. The minimum Gasteiger partial charge on any atom is -0.378 e. The number of nitrogens with two attached hydrogens (primary N) is 1. The predicted molar refractivity (Wildman–Crippen MR) is 127 cm³/mol. The monoisotopic (exact) mass is 445 g/mol. The van der Waals surface area contributed by atoms with Gasteiger partial charge in [-0.25, -0.2) is 4.98 Å². The highest BCUT2D eigenvalue weighted by Gasteiger charge is 2.23. The minimum atomic E-state index is 0.0377. The predicted octanol–water partition coefficient (Wildman–Crippen LogP) is 2.51. The summed E-state index contributed by atoms with van der Waals surface area (Å²) in [4.78, 5) is 25.5. The van der Waals surface area contributed by atoms with Gasteiger partial charge in [-0.3, -0.25) is 9.89 Å². The second kappa shape index (κ2) is 8.17. The average molecular weight is 446 g/mol. The molecule has 0 aliphatic carbocycles. The molecule has 6 rings (SSSR count). The molecule has 0 bridgehead atoms. The molecule has 2 aliphatic rings. The van der Waals surface area contributed by atoms with Crippen molar-refractivity contribution in [2.24, 2.45) is 5.73 Å². The first-order chi connectivity index (χ1) is 16.2. The Morgan fingerprint density at radius 2 is 1.85 bits per heavy atom. The van der Waals surface area contributed by atoms with Gasteiger partial charge < -0.3 is 25.3 Å². The maximum absolute atomic E-state index is 13.1. The topological polar surface area (TPSA) is 116 Å². The van der Waals surface area contributed by atoms with Gasteiger partial charge in [0, 0.05) is 48.9 Å². The molecule has 4 heterocycles.